The number of nitrogens with zero attached hydrogens (tertiary/aromatic N) is 1. The van der Waals surface area contributed by atoms with Gasteiger partial charge in [-0.25, -0.2) is 4.79 Å². The van der Waals surface area contributed by atoms with Crippen molar-refractivity contribution >= 4 is 27.8 Å². The molecule has 0 saturated carbocycles. The number of hydrogen-bond donors (Lipinski definition) is 0. The van der Waals surface area contributed by atoms with Gasteiger partial charge in [-0.3, -0.25) is 9.69 Å². The zero-order valence-electron chi connectivity index (χ0n) is 12.6. The number of hydrogen-bond acceptors (Lipinski definition) is 3. The molecular formula is C16H20BrNO3. The molecule has 0 fully saturated rings. The van der Waals surface area contributed by atoms with Crippen LogP contribution >= 0.6 is 15.9 Å². The van der Waals surface area contributed by atoms with Crippen LogP contribution in [0.1, 0.15) is 31.9 Å². The van der Waals surface area contributed by atoms with E-state index in [0.717, 1.165) is 11.1 Å². The Morgan fingerprint density at radius 2 is 1.90 bits per heavy atom. The molecular weight excluding hydrogens is 334 g/mol. The zero-order valence-corrected chi connectivity index (χ0v) is 14.1. The van der Waals surface area contributed by atoms with Crippen LogP contribution in [-0.2, 0) is 22.5 Å². The largest absolute Gasteiger partial charge is 0.444 e. The molecule has 1 aromatic rings. The van der Waals surface area contributed by atoms with Gasteiger partial charge in [0, 0.05) is 6.42 Å². The molecule has 1 unspecified atom stereocenters. The Kier molecular flexibility index (Phi) is 4.71. The predicted octanol–water partition coefficient (Wildman–Crippen LogP) is 3.31. The van der Waals surface area contributed by atoms with Crippen molar-refractivity contribution in [2.75, 3.05) is 5.33 Å². The number of alkyl halides is 1. The van der Waals surface area contributed by atoms with Gasteiger partial charge in [0.05, 0.1) is 17.9 Å². The van der Waals surface area contributed by atoms with Gasteiger partial charge in [0.25, 0.3) is 0 Å². The Balaban J connectivity index is 2.28. The maximum Gasteiger partial charge on any atom is 0.411 e. The number of ether oxygens (including phenoxy) is 1. The number of amides is 1. The smallest absolute Gasteiger partial charge is 0.411 e. The van der Waals surface area contributed by atoms with Crippen molar-refractivity contribution in [2.45, 2.75) is 45.4 Å². The summed E-state index contributed by atoms with van der Waals surface area (Å²) in [6.45, 7) is 5.88. The minimum atomic E-state index is -0.573. The van der Waals surface area contributed by atoms with E-state index in [-0.39, 0.29) is 11.1 Å². The molecule has 1 aliphatic heterocycles. The highest BCUT2D eigenvalue weighted by Gasteiger charge is 2.36. The molecule has 1 heterocycles. The van der Waals surface area contributed by atoms with Gasteiger partial charge in [-0.15, -0.1) is 0 Å². The van der Waals surface area contributed by atoms with Crippen LogP contribution in [0.15, 0.2) is 24.3 Å². The molecule has 0 aromatic heterocycles. The van der Waals surface area contributed by atoms with Gasteiger partial charge < -0.3 is 4.74 Å². The van der Waals surface area contributed by atoms with E-state index in [2.05, 4.69) is 15.9 Å². The van der Waals surface area contributed by atoms with Crippen molar-refractivity contribution in [3.8, 4) is 0 Å². The summed E-state index contributed by atoms with van der Waals surface area (Å²) in [6.07, 6.45) is 0.108. The number of Topliss-reactive ketones (excluding diaryl/α,β-unsaturated/α-hetero) is 1. The van der Waals surface area contributed by atoms with Gasteiger partial charge in [0.15, 0.2) is 5.78 Å². The van der Waals surface area contributed by atoms with Crippen LogP contribution in [0.25, 0.3) is 0 Å². The summed E-state index contributed by atoms with van der Waals surface area (Å²) >= 11 is 3.20. The van der Waals surface area contributed by atoms with E-state index in [0.29, 0.717) is 13.0 Å². The highest BCUT2D eigenvalue weighted by Crippen LogP contribution is 2.26. The lowest BCUT2D eigenvalue weighted by molar-refractivity contribution is -0.122. The lowest BCUT2D eigenvalue weighted by Crippen LogP contribution is -2.50. The predicted molar refractivity (Wildman–Crippen MR) is 84.5 cm³/mol. The van der Waals surface area contributed by atoms with Gasteiger partial charge in [-0.2, -0.15) is 0 Å². The van der Waals surface area contributed by atoms with Crippen molar-refractivity contribution in [3.63, 3.8) is 0 Å². The van der Waals surface area contributed by atoms with E-state index in [1.54, 1.807) is 0 Å². The summed E-state index contributed by atoms with van der Waals surface area (Å²) in [4.78, 5) is 26.1. The van der Waals surface area contributed by atoms with Crippen LogP contribution in [-0.4, -0.2) is 33.7 Å². The number of benzene rings is 1. The highest BCUT2D eigenvalue weighted by atomic mass is 79.9. The molecule has 21 heavy (non-hydrogen) atoms. The maximum absolute atomic E-state index is 12.4. The Hall–Kier alpha value is -1.36. The van der Waals surface area contributed by atoms with Gasteiger partial charge >= 0.3 is 6.09 Å². The topological polar surface area (TPSA) is 46.6 Å². The summed E-state index contributed by atoms with van der Waals surface area (Å²) in [5.74, 6) is -0.00429. The highest BCUT2D eigenvalue weighted by molar-refractivity contribution is 9.09. The number of carbonyl (C=O) groups excluding carboxylic acids is 2. The fraction of sp³-hybridized carbons (Fsp3) is 0.500. The Bertz CT molecular complexity index is 551. The Morgan fingerprint density at radius 1 is 1.29 bits per heavy atom. The third kappa shape index (κ3) is 3.84. The third-order valence-electron chi connectivity index (χ3n) is 3.38. The molecule has 1 aromatic carbocycles. The third-order valence-corrected chi connectivity index (χ3v) is 3.93. The summed E-state index contributed by atoms with van der Waals surface area (Å²) in [7, 11) is 0. The average molecular weight is 354 g/mol. The second-order valence-electron chi connectivity index (χ2n) is 6.20. The second-order valence-corrected chi connectivity index (χ2v) is 6.76. The minimum Gasteiger partial charge on any atom is -0.444 e. The summed E-state index contributed by atoms with van der Waals surface area (Å²) in [6, 6.07) is 7.43. The van der Waals surface area contributed by atoms with E-state index in [1.807, 2.05) is 45.0 Å². The van der Waals surface area contributed by atoms with Crippen LogP contribution < -0.4 is 0 Å². The van der Waals surface area contributed by atoms with Crippen LogP contribution in [0.2, 0.25) is 0 Å². The molecule has 1 atom stereocenters. The van der Waals surface area contributed by atoms with Crippen LogP contribution in [0.3, 0.4) is 0 Å². The van der Waals surface area contributed by atoms with Crippen molar-refractivity contribution < 1.29 is 14.3 Å². The number of fused-ring (bicyclic) bond motifs is 1. The van der Waals surface area contributed by atoms with Crippen molar-refractivity contribution in [1.29, 1.82) is 0 Å². The molecule has 0 saturated heterocycles. The van der Waals surface area contributed by atoms with Crippen molar-refractivity contribution in [1.82, 2.24) is 4.90 Å². The fourth-order valence-electron chi connectivity index (χ4n) is 2.41. The summed E-state index contributed by atoms with van der Waals surface area (Å²) in [5.41, 5.74) is 1.62. The second kappa shape index (κ2) is 6.18. The molecule has 114 valence electrons. The molecule has 0 spiro atoms. The normalized spacial score (nSPS) is 18.1. The Morgan fingerprint density at radius 3 is 2.48 bits per heavy atom. The number of carbonyl (C=O) groups is 2. The first kappa shape index (κ1) is 16.0. The first-order valence-electron chi connectivity index (χ1n) is 6.97. The molecule has 2 rings (SSSR count). The number of rotatable bonds is 2. The summed E-state index contributed by atoms with van der Waals surface area (Å²) in [5, 5.41) is 0.235. The number of ketones is 1. The molecule has 1 aliphatic rings. The van der Waals surface area contributed by atoms with Gasteiger partial charge in [-0.1, -0.05) is 40.2 Å². The van der Waals surface area contributed by atoms with E-state index < -0.39 is 17.7 Å². The quantitative estimate of drug-likeness (QED) is 0.766. The lowest BCUT2D eigenvalue weighted by Gasteiger charge is -2.36. The van der Waals surface area contributed by atoms with Gasteiger partial charge in [-0.05, 0) is 31.9 Å². The van der Waals surface area contributed by atoms with Crippen LogP contribution in [0, 0.1) is 0 Å². The SMILES string of the molecule is CC(C)(C)OC(=O)N1Cc2ccccc2CC1C(=O)CBr. The monoisotopic (exact) mass is 353 g/mol. The minimum absolute atomic E-state index is 0.00429. The molecule has 0 N–H and O–H groups in total. The van der Waals surface area contributed by atoms with Crippen molar-refractivity contribution in [3.05, 3.63) is 35.4 Å². The van der Waals surface area contributed by atoms with Crippen LogP contribution in [0.4, 0.5) is 4.79 Å². The lowest BCUT2D eigenvalue weighted by atomic mass is 9.92. The molecule has 4 nitrogen and oxygen atoms in total. The zero-order chi connectivity index (χ0) is 15.6. The van der Waals surface area contributed by atoms with Crippen molar-refractivity contribution in [2.24, 2.45) is 0 Å². The van der Waals surface area contributed by atoms with E-state index in [4.69, 9.17) is 4.74 Å². The standard InChI is InChI=1S/C16H20BrNO3/c1-16(2,3)21-15(20)18-10-12-7-5-4-6-11(12)8-13(18)14(19)9-17/h4-7,13H,8-10H2,1-3H3. The molecule has 5 heteroatoms. The Labute approximate surface area is 133 Å². The first-order chi connectivity index (χ1) is 9.81. The van der Waals surface area contributed by atoms with E-state index in [1.165, 1.54) is 4.90 Å². The van der Waals surface area contributed by atoms with E-state index in [9.17, 15) is 9.59 Å². The van der Waals surface area contributed by atoms with Crippen LogP contribution in [0.5, 0.6) is 0 Å². The molecule has 1 amide bonds. The average Bonchev–Trinajstić information content (AvgIpc) is 2.43. The molecule has 0 bridgehead atoms. The molecule has 0 aliphatic carbocycles. The molecule has 0 radical (unpaired) electrons. The summed E-state index contributed by atoms with van der Waals surface area (Å²) < 4.78 is 5.44. The maximum atomic E-state index is 12.4. The first-order valence-corrected chi connectivity index (χ1v) is 8.09. The fourth-order valence-corrected chi connectivity index (χ4v) is 2.79. The van der Waals surface area contributed by atoms with Gasteiger partial charge in [0.2, 0.25) is 0 Å². The van der Waals surface area contributed by atoms with Gasteiger partial charge in [0.1, 0.15) is 5.60 Å². The number of halogens is 1. The van der Waals surface area contributed by atoms with E-state index >= 15 is 0 Å².